The summed E-state index contributed by atoms with van der Waals surface area (Å²) in [4.78, 5) is 25.5. The normalized spacial score (nSPS) is 24.6. The molecule has 2 N–H and O–H groups in total. The Kier molecular flexibility index (Phi) is 6.33. The topological polar surface area (TPSA) is 61.4 Å². The van der Waals surface area contributed by atoms with Crippen LogP contribution in [0.15, 0.2) is 0 Å². The number of hydrogen-bond acceptors (Lipinski definition) is 5. The predicted octanol–water partition coefficient (Wildman–Crippen LogP) is -0.227. The van der Waals surface area contributed by atoms with E-state index in [9.17, 15) is 9.59 Å². The molecule has 0 spiro atoms. The van der Waals surface area contributed by atoms with E-state index in [-0.39, 0.29) is 5.91 Å². The molecule has 2 amide bonds. The second kappa shape index (κ2) is 8.01. The molecule has 2 fully saturated rings. The van der Waals surface area contributed by atoms with Crippen molar-refractivity contribution in [3.05, 3.63) is 0 Å². The Hall–Kier alpha value is -0.400. The quantitative estimate of drug-likeness (QED) is 0.690. The maximum absolute atomic E-state index is 12.0. The van der Waals surface area contributed by atoms with E-state index in [1.807, 2.05) is 23.5 Å². The Balaban J connectivity index is 1.73. The van der Waals surface area contributed by atoms with Gasteiger partial charge in [0.05, 0.1) is 0 Å². The van der Waals surface area contributed by atoms with Crippen LogP contribution < -0.4 is 10.6 Å². The van der Waals surface area contributed by atoms with Gasteiger partial charge in [-0.3, -0.25) is 9.59 Å². The molecule has 0 aromatic carbocycles. The molecular weight excluding hydrogens is 282 g/mol. The lowest BCUT2D eigenvalue weighted by atomic mass is 10.3. The fraction of sp³-hybridized carbons (Fsp3) is 0.833. The maximum Gasteiger partial charge on any atom is 0.311 e. The Bertz CT molecular complexity index is 314. The van der Waals surface area contributed by atoms with E-state index in [0.29, 0.717) is 24.9 Å². The molecule has 0 radical (unpaired) electrons. The standard InChI is InChI=1S/C12H21N3O2S2/c16-11(14-8-10-9-18-6-7-19-10)12(17)15-4-1-2-13-3-5-15/h10,13H,1-9H2,(H,14,16). The highest BCUT2D eigenvalue weighted by Crippen LogP contribution is 2.23. The van der Waals surface area contributed by atoms with Crippen LogP contribution in [0.3, 0.4) is 0 Å². The number of rotatable bonds is 2. The van der Waals surface area contributed by atoms with Gasteiger partial charge in [-0.2, -0.15) is 23.5 Å². The summed E-state index contributed by atoms with van der Waals surface area (Å²) in [5.74, 6) is 2.56. The van der Waals surface area contributed by atoms with Gasteiger partial charge in [0.15, 0.2) is 0 Å². The smallest absolute Gasteiger partial charge is 0.311 e. The molecule has 2 saturated heterocycles. The molecule has 108 valence electrons. The summed E-state index contributed by atoms with van der Waals surface area (Å²) < 4.78 is 0. The lowest BCUT2D eigenvalue weighted by Crippen LogP contribution is -2.46. The molecule has 0 saturated carbocycles. The van der Waals surface area contributed by atoms with E-state index < -0.39 is 5.91 Å². The van der Waals surface area contributed by atoms with E-state index in [0.717, 1.165) is 31.0 Å². The number of thioether (sulfide) groups is 2. The molecule has 2 heterocycles. The molecule has 0 aliphatic carbocycles. The highest BCUT2D eigenvalue weighted by atomic mass is 32.2. The number of nitrogens with one attached hydrogen (secondary N) is 2. The molecule has 19 heavy (non-hydrogen) atoms. The van der Waals surface area contributed by atoms with Crippen LogP contribution >= 0.6 is 23.5 Å². The molecule has 0 aromatic rings. The first-order valence-corrected chi connectivity index (χ1v) is 8.95. The van der Waals surface area contributed by atoms with E-state index in [2.05, 4.69) is 10.6 Å². The third kappa shape index (κ3) is 4.89. The van der Waals surface area contributed by atoms with Gasteiger partial charge < -0.3 is 15.5 Å². The first-order chi connectivity index (χ1) is 9.27. The maximum atomic E-state index is 12.0. The fourth-order valence-corrected chi connectivity index (χ4v) is 4.74. The number of carbonyl (C=O) groups excluding carboxylic acids is 2. The second-order valence-corrected chi connectivity index (χ2v) is 7.23. The average Bonchev–Trinajstić information content (AvgIpc) is 2.74. The zero-order chi connectivity index (χ0) is 13.5. The van der Waals surface area contributed by atoms with E-state index in [1.165, 1.54) is 5.75 Å². The molecule has 5 nitrogen and oxygen atoms in total. The van der Waals surface area contributed by atoms with Gasteiger partial charge >= 0.3 is 11.8 Å². The van der Waals surface area contributed by atoms with Gasteiger partial charge in [0.2, 0.25) is 0 Å². The van der Waals surface area contributed by atoms with Gasteiger partial charge in [-0.15, -0.1) is 0 Å². The minimum absolute atomic E-state index is 0.378. The summed E-state index contributed by atoms with van der Waals surface area (Å²) in [5.41, 5.74) is 0. The van der Waals surface area contributed by atoms with Crippen molar-refractivity contribution in [1.29, 1.82) is 0 Å². The molecule has 1 atom stereocenters. The van der Waals surface area contributed by atoms with Gasteiger partial charge in [0.25, 0.3) is 0 Å². The van der Waals surface area contributed by atoms with Crippen LogP contribution in [0.2, 0.25) is 0 Å². The highest BCUT2D eigenvalue weighted by Gasteiger charge is 2.23. The molecule has 7 heteroatoms. The van der Waals surface area contributed by atoms with E-state index >= 15 is 0 Å². The Morgan fingerprint density at radius 2 is 2.16 bits per heavy atom. The van der Waals surface area contributed by atoms with Crippen molar-refractivity contribution in [2.24, 2.45) is 0 Å². The van der Waals surface area contributed by atoms with Crippen molar-refractivity contribution < 1.29 is 9.59 Å². The van der Waals surface area contributed by atoms with Gasteiger partial charge in [0, 0.05) is 48.7 Å². The summed E-state index contributed by atoms with van der Waals surface area (Å²) in [7, 11) is 0. The zero-order valence-corrected chi connectivity index (χ0v) is 12.7. The number of nitrogens with zero attached hydrogens (tertiary/aromatic N) is 1. The molecule has 2 rings (SSSR count). The minimum atomic E-state index is -0.446. The molecular formula is C12H21N3O2S2. The second-order valence-electron chi connectivity index (χ2n) is 4.67. The van der Waals surface area contributed by atoms with Gasteiger partial charge in [-0.25, -0.2) is 0 Å². The van der Waals surface area contributed by atoms with Gasteiger partial charge in [-0.1, -0.05) is 0 Å². The summed E-state index contributed by atoms with van der Waals surface area (Å²) in [5, 5.41) is 6.45. The molecule has 0 aromatic heterocycles. The van der Waals surface area contributed by atoms with Crippen LogP contribution in [0.1, 0.15) is 6.42 Å². The monoisotopic (exact) mass is 303 g/mol. The molecule has 0 bridgehead atoms. The van der Waals surface area contributed by atoms with Crippen LogP contribution in [0.4, 0.5) is 0 Å². The first kappa shape index (κ1) is 15.0. The first-order valence-electron chi connectivity index (χ1n) is 6.74. The van der Waals surface area contributed by atoms with Crippen molar-refractivity contribution in [3.63, 3.8) is 0 Å². The van der Waals surface area contributed by atoms with Crippen LogP contribution in [0.5, 0.6) is 0 Å². The van der Waals surface area contributed by atoms with Gasteiger partial charge in [0.1, 0.15) is 0 Å². The summed E-state index contributed by atoms with van der Waals surface area (Å²) in [6.07, 6.45) is 0.911. The summed E-state index contributed by atoms with van der Waals surface area (Å²) in [6, 6.07) is 0. The number of hydrogen-bond donors (Lipinski definition) is 2. The highest BCUT2D eigenvalue weighted by molar-refractivity contribution is 8.06. The van der Waals surface area contributed by atoms with Crippen molar-refractivity contribution in [2.75, 3.05) is 50.0 Å². The Morgan fingerprint density at radius 3 is 2.95 bits per heavy atom. The lowest BCUT2D eigenvalue weighted by Gasteiger charge is -2.22. The summed E-state index contributed by atoms with van der Waals surface area (Å²) >= 11 is 3.80. The number of amides is 2. The van der Waals surface area contributed by atoms with Crippen molar-refractivity contribution in [1.82, 2.24) is 15.5 Å². The molecule has 1 unspecified atom stereocenters. The minimum Gasteiger partial charge on any atom is -0.347 e. The van der Waals surface area contributed by atoms with Crippen LogP contribution in [-0.2, 0) is 9.59 Å². The van der Waals surface area contributed by atoms with E-state index in [4.69, 9.17) is 0 Å². The largest absolute Gasteiger partial charge is 0.347 e. The number of carbonyl (C=O) groups is 2. The molecule has 2 aliphatic heterocycles. The van der Waals surface area contributed by atoms with Crippen molar-refractivity contribution in [2.45, 2.75) is 11.7 Å². The van der Waals surface area contributed by atoms with Gasteiger partial charge in [-0.05, 0) is 13.0 Å². The van der Waals surface area contributed by atoms with Crippen molar-refractivity contribution >= 4 is 35.3 Å². The van der Waals surface area contributed by atoms with Crippen LogP contribution in [0, 0.1) is 0 Å². The predicted molar refractivity (Wildman–Crippen MR) is 80.6 cm³/mol. The Morgan fingerprint density at radius 1 is 1.26 bits per heavy atom. The third-order valence-electron chi connectivity index (χ3n) is 3.20. The average molecular weight is 303 g/mol. The zero-order valence-electron chi connectivity index (χ0n) is 11.0. The van der Waals surface area contributed by atoms with Crippen LogP contribution in [-0.4, -0.2) is 71.9 Å². The SMILES string of the molecule is O=C(NCC1CSCCS1)C(=O)N1CCCNCC1. The Labute approximate surface area is 122 Å². The van der Waals surface area contributed by atoms with Crippen molar-refractivity contribution in [3.8, 4) is 0 Å². The summed E-state index contributed by atoms with van der Waals surface area (Å²) in [6.45, 7) is 3.59. The van der Waals surface area contributed by atoms with Crippen LogP contribution in [0.25, 0.3) is 0 Å². The molecule has 2 aliphatic rings. The lowest BCUT2D eigenvalue weighted by molar-refractivity contribution is -0.145. The van der Waals surface area contributed by atoms with E-state index in [1.54, 1.807) is 4.90 Å². The fourth-order valence-electron chi connectivity index (χ4n) is 2.13. The third-order valence-corrected chi connectivity index (χ3v) is 6.04.